The third-order valence-electron chi connectivity index (χ3n) is 2.62. The zero-order valence-electron chi connectivity index (χ0n) is 9.20. The second-order valence-electron chi connectivity index (χ2n) is 3.86. The van der Waals surface area contributed by atoms with Crippen molar-refractivity contribution in [2.75, 3.05) is 5.73 Å². The van der Waals surface area contributed by atoms with Gasteiger partial charge >= 0.3 is 0 Å². The zero-order valence-corrected chi connectivity index (χ0v) is 9.20. The number of unbranched alkanes of at least 4 members (excludes halogenated alkanes) is 1. The maximum Gasteiger partial charge on any atom is 0.161 e. The molecule has 2 aromatic heterocycles. The fourth-order valence-electron chi connectivity index (χ4n) is 1.60. The average molecular weight is 204 g/mol. The molecule has 2 aromatic rings. The van der Waals surface area contributed by atoms with Crippen molar-refractivity contribution in [3.63, 3.8) is 0 Å². The molecule has 2 heterocycles. The molecule has 4 heteroatoms. The van der Waals surface area contributed by atoms with Crippen LogP contribution in [-0.4, -0.2) is 14.6 Å². The van der Waals surface area contributed by atoms with E-state index in [1.54, 1.807) is 0 Å². The lowest BCUT2D eigenvalue weighted by atomic mass is 10.2. The van der Waals surface area contributed by atoms with E-state index in [0.717, 1.165) is 42.0 Å². The lowest BCUT2D eigenvalue weighted by Crippen LogP contribution is -1.98. The van der Waals surface area contributed by atoms with Crippen LogP contribution in [-0.2, 0) is 6.42 Å². The SMILES string of the molecule is CCCCc1nnc2cc(C)c(N)cn12. The first-order valence-electron chi connectivity index (χ1n) is 5.32. The Kier molecular flexibility index (Phi) is 2.58. The molecule has 4 nitrogen and oxygen atoms in total. The molecule has 0 atom stereocenters. The molecule has 80 valence electrons. The Morgan fingerprint density at radius 2 is 2.20 bits per heavy atom. The molecule has 2 N–H and O–H groups in total. The van der Waals surface area contributed by atoms with Crippen molar-refractivity contribution in [2.45, 2.75) is 33.1 Å². The number of nitrogen functional groups attached to an aromatic ring is 1. The van der Waals surface area contributed by atoms with Crippen molar-refractivity contribution in [3.05, 3.63) is 23.7 Å². The van der Waals surface area contributed by atoms with Gasteiger partial charge in [0, 0.05) is 12.6 Å². The fraction of sp³-hybridized carbons (Fsp3) is 0.455. The first-order chi connectivity index (χ1) is 7.22. The number of hydrogen-bond acceptors (Lipinski definition) is 3. The van der Waals surface area contributed by atoms with Gasteiger partial charge in [0.05, 0.1) is 5.69 Å². The predicted octanol–water partition coefficient (Wildman–Crippen LogP) is 1.96. The third kappa shape index (κ3) is 1.79. The number of aromatic nitrogens is 3. The van der Waals surface area contributed by atoms with Crippen LogP contribution in [0.15, 0.2) is 12.3 Å². The van der Waals surface area contributed by atoms with Crippen LogP contribution < -0.4 is 5.73 Å². The van der Waals surface area contributed by atoms with Crippen molar-refractivity contribution < 1.29 is 0 Å². The van der Waals surface area contributed by atoms with Crippen LogP contribution in [0.1, 0.15) is 31.2 Å². The number of fused-ring (bicyclic) bond motifs is 1. The van der Waals surface area contributed by atoms with Crippen molar-refractivity contribution in [2.24, 2.45) is 0 Å². The smallest absolute Gasteiger partial charge is 0.161 e. The Morgan fingerprint density at radius 3 is 2.93 bits per heavy atom. The number of aryl methyl sites for hydroxylation is 2. The monoisotopic (exact) mass is 204 g/mol. The normalized spacial score (nSPS) is 11.1. The van der Waals surface area contributed by atoms with Gasteiger partial charge in [0.1, 0.15) is 5.82 Å². The van der Waals surface area contributed by atoms with Crippen LogP contribution in [0.3, 0.4) is 0 Å². The van der Waals surface area contributed by atoms with Crippen LogP contribution in [0, 0.1) is 6.92 Å². The molecule has 0 aliphatic carbocycles. The minimum Gasteiger partial charge on any atom is -0.397 e. The van der Waals surface area contributed by atoms with E-state index in [0.29, 0.717) is 0 Å². The number of nitrogens with zero attached hydrogens (tertiary/aromatic N) is 3. The van der Waals surface area contributed by atoms with E-state index in [4.69, 9.17) is 5.73 Å². The molecule has 0 saturated carbocycles. The van der Waals surface area contributed by atoms with Crippen molar-refractivity contribution in [1.29, 1.82) is 0 Å². The fourth-order valence-corrected chi connectivity index (χ4v) is 1.60. The second-order valence-corrected chi connectivity index (χ2v) is 3.86. The molecule has 15 heavy (non-hydrogen) atoms. The van der Waals surface area contributed by atoms with Crippen LogP contribution >= 0.6 is 0 Å². The van der Waals surface area contributed by atoms with Gasteiger partial charge in [-0.3, -0.25) is 4.40 Å². The van der Waals surface area contributed by atoms with E-state index >= 15 is 0 Å². The number of nitrogens with two attached hydrogens (primary N) is 1. The Bertz CT molecular complexity index is 473. The van der Waals surface area contributed by atoms with Gasteiger partial charge in [-0.1, -0.05) is 13.3 Å². The summed E-state index contributed by atoms with van der Waals surface area (Å²) in [6.45, 7) is 4.15. The van der Waals surface area contributed by atoms with Gasteiger partial charge in [-0.2, -0.15) is 0 Å². The third-order valence-corrected chi connectivity index (χ3v) is 2.62. The van der Waals surface area contributed by atoms with E-state index in [9.17, 15) is 0 Å². The Morgan fingerprint density at radius 1 is 1.40 bits per heavy atom. The minimum absolute atomic E-state index is 0.792. The summed E-state index contributed by atoms with van der Waals surface area (Å²) in [5.74, 6) is 0.999. The van der Waals surface area contributed by atoms with Crippen LogP contribution in [0.5, 0.6) is 0 Å². The summed E-state index contributed by atoms with van der Waals surface area (Å²) in [7, 11) is 0. The van der Waals surface area contributed by atoms with Gasteiger partial charge in [-0.15, -0.1) is 10.2 Å². The maximum atomic E-state index is 5.87. The number of anilines is 1. The summed E-state index contributed by atoms with van der Waals surface area (Å²) in [6, 6.07) is 1.97. The first-order valence-corrected chi connectivity index (χ1v) is 5.32. The zero-order chi connectivity index (χ0) is 10.8. The van der Waals surface area contributed by atoms with E-state index in [2.05, 4.69) is 17.1 Å². The average Bonchev–Trinajstić information content (AvgIpc) is 2.59. The molecular weight excluding hydrogens is 188 g/mol. The van der Waals surface area contributed by atoms with Gasteiger partial charge in [-0.25, -0.2) is 0 Å². The minimum atomic E-state index is 0.792. The molecule has 0 fully saturated rings. The van der Waals surface area contributed by atoms with Crippen LogP contribution in [0.2, 0.25) is 0 Å². The van der Waals surface area contributed by atoms with Crippen LogP contribution in [0.25, 0.3) is 5.65 Å². The first kappa shape index (κ1) is 9.96. The summed E-state index contributed by atoms with van der Waals surface area (Å²) in [6.07, 6.45) is 5.17. The summed E-state index contributed by atoms with van der Waals surface area (Å²) in [5, 5.41) is 8.30. The topological polar surface area (TPSA) is 56.2 Å². The highest BCUT2D eigenvalue weighted by molar-refractivity contribution is 5.53. The van der Waals surface area contributed by atoms with Crippen molar-refractivity contribution in [1.82, 2.24) is 14.6 Å². The molecule has 0 bridgehead atoms. The van der Waals surface area contributed by atoms with E-state index in [-0.39, 0.29) is 0 Å². The lowest BCUT2D eigenvalue weighted by Gasteiger charge is -2.02. The van der Waals surface area contributed by atoms with Crippen molar-refractivity contribution >= 4 is 11.3 Å². The Hall–Kier alpha value is -1.58. The Labute approximate surface area is 89.1 Å². The van der Waals surface area contributed by atoms with Gasteiger partial charge in [-0.05, 0) is 25.0 Å². The summed E-state index contributed by atoms with van der Waals surface area (Å²) < 4.78 is 1.98. The second kappa shape index (κ2) is 3.88. The molecule has 0 saturated heterocycles. The van der Waals surface area contributed by atoms with Gasteiger partial charge in [0.15, 0.2) is 5.65 Å². The lowest BCUT2D eigenvalue weighted by molar-refractivity contribution is 0.743. The molecule has 0 unspecified atom stereocenters. The number of hydrogen-bond donors (Lipinski definition) is 1. The quantitative estimate of drug-likeness (QED) is 0.831. The molecule has 0 spiro atoms. The van der Waals surface area contributed by atoms with Crippen molar-refractivity contribution in [3.8, 4) is 0 Å². The highest BCUT2D eigenvalue weighted by Crippen LogP contribution is 2.14. The predicted molar refractivity (Wildman–Crippen MR) is 60.7 cm³/mol. The highest BCUT2D eigenvalue weighted by Gasteiger charge is 2.06. The summed E-state index contributed by atoms with van der Waals surface area (Å²) in [5.41, 5.74) is 8.59. The Balaban J connectivity index is 2.45. The van der Waals surface area contributed by atoms with E-state index in [1.165, 1.54) is 0 Å². The van der Waals surface area contributed by atoms with Gasteiger partial charge < -0.3 is 5.73 Å². The van der Waals surface area contributed by atoms with E-state index < -0.39 is 0 Å². The van der Waals surface area contributed by atoms with Crippen LogP contribution in [0.4, 0.5) is 5.69 Å². The summed E-state index contributed by atoms with van der Waals surface area (Å²) >= 11 is 0. The molecule has 0 radical (unpaired) electrons. The van der Waals surface area contributed by atoms with Gasteiger partial charge in [0.2, 0.25) is 0 Å². The van der Waals surface area contributed by atoms with Gasteiger partial charge in [0.25, 0.3) is 0 Å². The molecule has 0 aromatic carbocycles. The summed E-state index contributed by atoms with van der Waals surface area (Å²) in [4.78, 5) is 0. The molecule has 2 rings (SSSR count). The maximum absolute atomic E-state index is 5.87. The molecule has 0 amide bonds. The van der Waals surface area contributed by atoms with E-state index in [1.807, 2.05) is 23.6 Å². The molecular formula is C11H16N4. The highest BCUT2D eigenvalue weighted by atomic mass is 15.2. The number of pyridine rings is 1. The largest absolute Gasteiger partial charge is 0.397 e. The molecule has 0 aliphatic rings. The number of rotatable bonds is 3. The standard InChI is InChI=1S/C11H16N4/c1-3-4-5-10-13-14-11-6-8(2)9(12)7-15(10)11/h6-7H,3-5,12H2,1-2H3. The molecule has 0 aliphatic heterocycles.